The average molecular weight is 434 g/mol. The van der Waals surface area contributed by atoms with Crippen molar-refractivity contribution in [2.75, 3.05) is 5.32 Å². The van der Waals surface area contributed by atoms with Crippen molar-refractivity contribution < 1.29 is 27.6 Å². The highest BCUT2D eigenvalue weighted by Crippen LogP contribution is 2.34. The van der Waals surface area contributed by atoms with Crippen molar-refractivity contribution >= 4 is 17.3 Å². The lowest BCUT2D eigenvalue weighted by molar-refractivity contribution is -0.384. The number of benzene rings is 2. The Morgan fingerprint density at radius 1 is 1.23 bits per heavy atom. The summed E-state index contributed by atoms with van der Waals surface area (Å²) in [6.45, 7) is 2.17. The molecule has 8 nitrogen and oxygen atoms in total. The number of nitrogens with zero attached hydrogens (tertiary/aromatic N) is 3. The highest BCUT2D eigenvalue weighted by molar-refractivity contribution is 5.91. The first kappa shape index (κ1) is 21.8. The molecule has 0 saturated heterocycles. The zero-order valence-corrected chi connectivity index (χ0v) is 16.2. The van der Waals surface area contributed by atoms with Crippen LogP contribution in [-0.2, 0) is 17.5 Å². The molecule has 0 bridgehead atoms. The van der Waals surface area contributed by atoms with Crippen molar-refractivity contribution in [3.63, 3.8) is 0 Å². The molecule has 0 spiro atoms. The second-order valence-corrected chi connectivity index (χ2v) is 6.68. The predicted octanol–water partition coefficient (Wildman–Crippen LogP) is 4.94. The number of aryl methyl sites for hydroxylation is 2. The van der Waals surface area contributed by atoms with Gasteiger partial charge in [-0.15, -0.1) is 0 Å². The van der Waals surface area contributed by atoms with Crippen molar-refractivity contribution in [1.82, 2.24) is 9.78 Å². The van der Waals surface area contributed by atoms with Crippen molar-refractivity contribution in [3.8, 4) is 11.5 Å². The molecule has 0 saturated carbocycles. The van der Waals surface area contributed by atoms with Gasteiger partial charge >= 0.3 is 6.18 Å². The Balaban J connectivity index is 1.76. The third kappa shape index (κ3) is 6.04. The van der Waals surface area contributed by atoms with Crippen molar-refractivity contribution in [3.05, 3.63) is 76.1 Å². The zero-order valence-electron chi connectivity index (χ0n) is 16.2. The van der Waals surface area contributed by atoms with Crippen LogP contribution < -0.4 is 10.1 Å². The first-order valence-corrected chi connectivity index (χ1v) is 9.04. The Morgan fingerprint density at radius 2 is 2.00 bits per heavy atom. The van der Waals surface area contributed by atoms with E-state index in [0.717, 1.165) is 35.9 Å². The molecule has 3 aromatic rings. The summed E-state index contributed by atoms with van der Waals surface area (Å²) in [6.07, 6.45) is -1.08. The van der Waals surface area contributed by atoms with E-state index < -0.39 is 22.6 Å². The maximum absolute atomic E-state index is 12.9. The monoisotopic (exact) mass is 434 g/mol. The third-order valence-electron chi connectivity index (χ3n) is 4.11. The van der Waals surface area contributed by atoms with Crippen LogP contribution in [0.3, 0.4) is 0 Å². The summed E-state index contributed by atoms with van der Waals surface area (Å²) < 4.78 is 45.6. The summed E-state index contributed by atoms with van der Waals surface area (Å²) in [6, 6.07) is 7.60. The number of rotatable bonds is 7. The number of nitro groups is 1. The molecule has 1 aromatic heterocycles. The second kappa shape index (κ2) is 8.86. The SMILES string of the molecule is Cc1cnn(CCC(=O)Nc2cc(Oc3cccc(C(F)(F)F)c3)cc([N+](=O)[O-])c2)c1. The Labute approximate surface area is 174 Å². The maximum Gasteiger partial charge on any atom is 0.416 e. The van der Waals surface area contributed by atoms with Crippen LogP contribution in [0.25, 0.3) is 0 Å². The van der Waals surface area contributed by atoms with E-state index in [2.05, 4.69) is 10.4 Å². The molecule has 0 radical (unpaired) electrons. The number of hydrogen-bond acceptors (Lipinski definition) is 5. The largest absolute Gasteiger partial charge is 0.457 e. The van der Waals surface area contributed by atoms with Gasteiger partial charge in [0.1, 0.15) is 11.5 Å². The number of anilines is 1. The topological polar surface area (TPSA) is 99.3 Å². The minimum Gasteiger partial charge on any atom is -0.457 e. The number of hydrogen-bond donors (Lipinski definition) is 1. The van der Waals surface area contributed by atoms with Gasteiger partial charge in [0.05, 0.1) is 28.4 Å². The zero-order chi connectivity index (χ0) is 22.6. The van der Waals surface area contributed by atoms with Gasteiger partial charge in [0.25, 0.3) is 5.69 Å². The van der Waals surface area contributed by atoms with Gasteiger partial charge in [-0.05, 0) is 30.7 Å². The Kier molecular flexibility index (Phi) is 6.23. The van der Waals surface area contributed by atoms with Crippen LogP contribution in [0, 0.1) is 17.0 Å². The minimum atomic E-state index is -4.56. The summed E-state index contributed by atoms with van der Waals surface area (Å²) in [5.74, 6) is -0.660. The summed E-state index contributed by atoms with van der Waals surface area (Å²) in [4.78, 5) is 22.7. The van der Waals surface area contributed by atoms with Crippen molar-refractivity contribution in [2.45, 2.75) is 26.1 Å². The van der Waals surface area contributed by atoms with Crippen molar-refractivity contribution in [1.29, 1.82) is 0 Å². The number of nitrogens with one attached hydrogen (secondary N) is 1. The molecule has 0 atom stereocenters. The van der Waals surface area contributed by atoms with Crippen LogP contribution in [0.2, 0.25) is 0 Å². The number of ether oxygens (including phenoxy) is 1. The molecule has 0 fully saturated rings. The van der Waals surface area contributed by atoms with Gasteiger partial charge in [0, 0.05) is 31.3 Å². The lowest BCUT2D eigenvalue weighted by atomic mass is 10.2. The number of carbonyl (C=O) groups is 1. The molecular weight excluding hydrogens is 417 g/mol. The van der Waals surface area contributed by atoms with E-state index in [9.17, 15) is 28.1 Å². The summed E-state index contributed by atoms with van der Waals surface area (Å²) in [5, 5.41) is 17.8. The van der Waals surface area contributed by atoms with Gasteiger partial charge in [-0.25, -0.2) is 0 Å². The van der Waals surface area contributed by atoms with Crippen LogP contribution in [0.4, 0.5) is 24.5 Å². The lowest BCUT2D eigenvalue weighted by Gasteiger charge is -2.11. The average Bonchev–Trinajstić information content (AvgIpc) is 3.11. The lowest BCUT2D eigenvalue weighted by Crippen LogP contribution is -2.15. The van der Waals surface area contributed by atoms with E-state index in [1.165, 1.54) is 12.1 Å². The van der Waals surface area contributed by atoms with Gasteiger partial charge < -0.3 is 10.1 Å². The number of alkyl halides is 3. The van der Waals surface area contributed by atoms with Crippen molar-refractivity contribution in [2.24, 2.45) is 0 Å². The molecule has 0 aliphatic rings. The van der Waals surface area contributed by atoms with Crippen LogP contribution >= 0.6 is 0 Å². The smallest absolute Gasteiger partial charge is 0.416 e. The fourth-order valence-electron chi connectivity index (χ4n) is 2.72. The summed E-state index contributed by atoms with van der Waals surface area (Å²) in [7, 11) is 0. The molecular formula is C20H17F3N4O4. The number of amides is 1. The first-order valence-electron chi connectivity index (χ1n) is 9.04. The molecule has 2 aromatic carbocycles. The van der Waals surface area contributed by atoms with Gasteiger partial charge in [-0.1, -0.05) is 6.07 Å². The summed E-state index contributed by atoms with van der Waals surface area (Å²) >= 11 is 0. The highest BCUT2D eigenvalue weighted by atomic mass is 19.4. The Hall–Kier alpha value is -3.89. The summed E-state index contributed by atoms with van der Waals surface area (Å²) in [5.41, 5.74) is -0.284. The van der Waals surface area contributed by atoms with Gasteiger partial charge in [0.2, 0.25) is 5.91 Å². The van der Waals surface area contributed by atoms with E-state index >= 15 is 0 Å². The molecule has 1 amide bonds. The van der Waals surface area contributed by atoms with Gasteiger partial charge in [0.15, 0.2) is 0 Å². The van der Waals surface area contributed by atoms with Crippen LogP contribution in [0.5, 0.6) is 11.5 Å². The van der Waals surface area contributed by atoms with Crippen LogP contribution in [-0.4, -0.2) is 20.6 Å². The number of nitro benzene ring substituents is 1. The maximum atomic E-state index is 12.9. The molecule has 31 heavy (non-hydrogen) atoms. The molecule has 1 heterocycles. The number of carbonyl (C=O) groups excluding carboxylic acids is 1. The fourth-order valence-corrected chi connectivity index (χ4v) is 2.72. The van der Waals surface area contributed by atoms with E-state index in [-0.39, 0.29) is 29.3 Å². The molecule has 1 N–H and O–H groups in total. The standard InChI is InChI=1S/C20H17F3N4O4/c1-13-11-24-26(12-13)6-5-19(28)25-15-8-16(27(29)30)10-18(9-15)31-17-4-2-3-14(7-17)20(21,22)23/h2-4,7-12H,5-6H2,1H3,(H,25,28). The van der Waals surface area contributed by atoms with E-state index in [4.69, 9.17) is 4.74 Å². The Bertz CT molecular complexity index is 1110. The van der Waals surface area contributed by atoms with E-state index in [1.54, 1.807) is 17.1 Å². The molecule has 0 aliphatic heterocycles. The minimum absolute atomic E-state index is 0.0631. The Morgan fingerprint density at radius 3 is 2.65 bits per heavy atom. The molecule has 11 heteroatoms. The van der Waals surface area contributed by atoms with Gasteiger partial charge in [-0.3, -0.25) is 19.6 Å². The predicted molar refractivity (Wildman–Crippen MR) is 105 cm³/mol. The number of aromatic nitrogens is 2. The van der Waals surface area contributed by atoms with E-state index in [0.29, 0.717) is 6.54 Å². The molecule has 162 valence electrons. The number of non-ortho nitro benzene ring substituents is 1. The first-order chi connectivity index (χ1) is 14.6. The second-order valence-electron chi connectivity index (χ2n) is 6.68. The normalized spacial score (nSPS) is 11.2. The molecule has 0 aliphatic carbocycles. The highest BCUT2D eigenvalue weighted by Gasteiger charge is 2.30. The van der Waals surface area contributed by atoms with Crippen LogP contribution in [0.15, 0.2) is 54.9 Å². The van der Waals surface area contributed by atoms with E-state index in [1.807, 2.05) is 6.92 Å². The fraction of sp³-hybridized carbons (Fsp3) is 0.200. The number of halogens is 3. The van der Waals surface area contributed by atoms with Crippen LogP contribution in [0.1, 0.15) is 17.5 Å². The van der Waals surface area contributed by atoms with Gasteiger partial charge in [-0.2, -0.15) is 18.3 Å². The molecule has 3 rings (SSSR count). The molecule has 0 unspecified atom stereocenters. The quantitative estimate of drug-likeness (QED) is 0.419. The third-order valence-corrected chi connectivity index (χ3v) is 4.11.